The average molecular weight is 318 g/mol. The minimum atomic E-state index is -0.417. The van der Waals surface area contributed by atoms with Gasteiger partial charge in [0.05, 0.1) is 6.10 Å². The van der Waals surface area contributed by atoms with Gasteiger partial charge in [-0.15, -0.1) is 0 Å². The third-order valence-electron chi connectivity index (χ3n) is 3.03. The first kappa shape index (κ1) is 13.7. The van der Waals surface area contributed by atoms with Gasteiger partial charge in [-0.2, -0.15) is 0 Å². The van der Waals surface area contributed by atoms with Crippen molar-refractivity contribution in [1.29, 1.82) is 0 Å². The van der Waals surface area contributed by atoms with E-state index in [0.717, 1.165) is 6.54 Å². The van der Waals surface area contributed by atoms with Crippen LogP contribution in [-0.2, 0) is 0 Å². The summed E-state index contributed by atoms with van der Waals surface area (Å²) in [6, 6.07) is 1.50. The zero-order valence-corrected chi connectivity index (χ0v) is 12.1. The van der Waals surface area contributed by atoms with Crippen molar-refractivity contribution in [2.24, 2.45) is 0 Å². The normalized spacial score (nSPS) is 24.0. The van der Waals surface area contributed by atoms with Crippen LogP contribution in [-0.4, -0.2) is 54.3 Å². The summed E-state index contributed by atoms with van der Waals surface area (Å²) in [6.45, 7) is 1.21. The number of pyridine rings is 1. The third-order valence-corrected chi connectivity index (χ3v) is 3.46. The Morgan fingerprint density at radius 2 is 2.33 bits per heavy atom. The van der Waals surface area contributed by atoms with Crippen LogP contribution in [0.3, 0.4) is 0 Å². The Kier molecular flexibility index (Phi) is 4.19. The number of aromatic nitrogens is 1. The molecule has 2 unspecified atom stereocenters. The molecule has 1 aromatic rings. The van der Waals surface area contributed by atoms with Gasteiger partial charge in [-0.05, 0) is 42.5 Å². The molecule has 0 aliphatic carbocycles. The number of anilines is 1. The smallest absolute Gasteiger partial charge is 0.166 e. The zero-order valence-electron chi connectivity index (χ0n) is 10.5. The first-order valence-corrected chi connectivity index (χ1v) is 6.67. The largest absolute Gasteiger partial charge is 0.391 e. The van der Waals surface area contributed by atoms with Crippen LogP contribution in [0.15, 0.2) is 16.7 Å². The number of nitrogens with zero attached hydrogens (tertiary/aromatic N) is 3. The van der Waals surface area contributed by atoms with Crippen LogP contribution < -0.4 is 4.90 Å². The van der Waals surface area contributed by atoms with Gasteiger partial charge < -0.3 is 14.9 Å². The first-order chi connectivity index (χ1) is 8.47. The van der Waals surface area contributed by atoms with Crippen molar-refractivity contribution in [2.75, 3.05) is 32.1 Å². The van der Waals surface area contributed by atoms with E-state index < -0.39 is 6.10 Å². The average Bonchev–Trinajstić information content (AvgIpc) is 2.58. The number of halogens is 2. The van der Waals surface area contributed by atoms with E-state index in [1.807, 2.05) is 23.9 Å². The third kappa shape index (κ3) is 2.99. The summed E-state index contributed by atoms with van der Waals surface area (Å²) in [7, 11) is 3.93. The highest BCUT2D eigenvalue weighted by molar-refractivity contribution is 9.10. The Labute approximate surface area is 115 Å². The predicted octanol–water partition coefficient (Wildman–Crippen LogP) is 1.48. The highest BCUT2D eigenvalue weighted by atomic mass is 79.9. The van der Waals surface area contributed by atoms with E-state index in [1.54, 1.807) is 6.20 Å². The summed E-state index contributed by atoms with van der Waals surface area (Å²) in [4.78, 5) is 8.01. The minimum Gasteiger partial charge on any atom is -0.391 e. The molecule has 6 heteroatoms. The van der Waals surface area contributed by atoms with Gasteiger partial charge in [0.2, 0.25) is 0 Å². The predicted molar refractivity (Wildman–Crippen MR) is 72.2 cm³/mol. The zero-order chi connectivity index (χ0) is 13.3. The van der Waals surface area contributed by atoms with Crippen LogP contribution >= 0.6 is 15.9 Å². The van der Waals surface area contributed by atoms with E-state index >= 15 is 0 Å². The van der Waals surface area contributed by atoms with Gasteiger partial charge in [0, 0.05) is 29.8 Å². The van der Waals surface area contributed by atoms with E-state index in [0.29, 0.717) is 23.3 Å². The number of β-amino-alcohol motifs (C(OH)–C–C–N with tert-alkyl or cyclic N) is 1. The van der Waals surface area contributed by atoms with Crippen molar-refractivity contribution in [3.05, 3.63) is 22.6 Å². The topological polar surface area (TPSA) is 39.6 Å². The summed E-state index contributed by atoms with van der Waals surface area (Å²) in [6.07, 6.45) is 1.81. The molecular weight excluding hydrogens is 301 g/mol. The lowest BCUT2D eigenvalue weighted by Crippen LogP contribution is -2.38. The molecule has 1 aliphatic rings. The molecule has 0 amide bonds. The molecule has 4 nitrogen and oxygen atoms in total. The molecule has 2 atom stereocenters. The molecule has 1 N–H and O–H groups in total. The Bertz CT molecular complexity index is 430. The monoisotopic (exact) mass is 317 g/mol. The van der Waals surface area contributed by atoms with E-state index in [4.69, 9.17) is 0 Å². The Hall–Kier alpha value is -0.720. The summed E-state index contributed by atoms with van der Waals surface area (Å²) in [5.41, 5.74) is 0. The molecule has 0 bridgehead atoms. The molecule has 0 spiro atoms. The van der Waals surface area contributed by atoms with Crippen LogP contribution in [0.25, 0.3) is 0 Å². The van der Waals surface area contributed by atoms with Crippen molar-refractivity contribution in [3.8, 4) is 0 Å². The van der Waals surface area contributed by atoms with E-state index in [-0.39, 0.29) is 11.9 Å². The highest BCUT2D eigenvalue weighted by Crippen LogP contribution is 2.28. The van der Waals surface area contributed by atoms with Gasteiger partial charge in [-0.1, -0.05) is 0 Å². The van der Waals surface area contributed by atoms with E-state index in [2.05, 4.69) is 20.9 Å². The number of hydrogen-bond acceptors (Lipinski definition) is 4. The Morgan fingerprint density at radius 3 is 2.94 bits per heavy atom. The van der Waals surface area contributed by atoms with Crippen LogP contribution in [0.4, 0.5) is 10.2 Å². The lowest BCUT2D eigenvalue weighted by Gasteiger charge is -2.27. The number of rotatable bonds is 3. The highest BCUT2D eigenvalue weighted by Gasteiger charge is 2.33. The van der Waals surface area contributed by atoms with Gasteiger partial charge in [0.25, 0.3) is 0 Å². The molecule has 2 rings (SSSR count). The number of hydrogen-bond donors (Lipinski definition) is 1. The lowest BCUT2D eigenvalue weighted by molar-refractivity contribution is 0.191. The van der Waals surface area contributed by atoms with Gasteiger partial charge in [0.15, 0.2) is 11.6 Å². The maximum absolute atomic E-state index is 13.9. The SMILES string of the molecule is CN(C)CC1CC(O)CN1c1ncc(Br)cc1F. The maximum Gasteiger partial charge on any atom is 0.166 e. The second-order valence-electron chi connectivity index (χ2n) is 4.92. The standard InChI is InChI=1S/C12H17BrFN3O/c1-16(2)6-9-4-10(18)7-17(9)12-11(14)3-8(13)5-15-12/h3,5,9-10,18H,4,6-7H2,1-2H3. The number of aliphatic hydroxyl groups excluding tert-OH is 1. The lowest BCUT2D eigenvalue weighted by atomic mass is 10.2. The van der Waals surface area contributed by atoms with Gasteiger partial charge in [-0.25, -0.2) is 9.37 Å². The molecule has 1 fully saturated rings. The summed E-state index contributed by atoms with van der Waals surface area (Å²) in [5, 5.41) is 9.77. The van der Waals surface area contributed by atoms with Gasteiger partial charge >= 0.3 is 0 Å². The first-order valence-electron chi connectivity index (χ1n) is 5.88. The van der Waals surface area contributed by atoms with Gasteiger partial charge in [-0.3, -0.25) is 0 Å². The number of likely N-dealkylation sites (N-methyl/N-ethyl adjacent to an activating group) is 1. The Morgan fingerprint density at radius 1 is 1.61 bits per heavy atom. The van der Waals surface area contributed by atoms with Crippen molar-refractivity contribution in [3.63, 3.8) is 0 Å². The molecule has 1 aromatic heterocycles. The van der Waals surface area contributed by atoms with Crippen LogP contribution in [0.5, 0.6) is 0 Å². The van der Waals surface area contributed by atoms with Crippen molar-refractivity contribution < 1.29 is 9.50 Å². The fraction of sp³-hybridized carbons (Fsp3) is 0.583. The molecule has 100 valence electrons. The van der Waals surface area contributed by atoms with E-state index in [1.165, 1.54) is 6.07 Å². The van der Waals surface area contributed by atoms with Crippen molar-refractivity contribution in [2.45, 2.75) is 18.6 Å². The second kappa shape index (κ2) is 5.50. The second-order valence-corrected chi connectivity index (χ2v) is 5.83. The minimum absolute atomic E-state index is 0.0955. The van der Waals surface area contributed by atoms with Crippen LogP contribution in [0.2, 0.25) is 0 Å². The molecule has 0 saturated carbocycles. The maximum atomic E-state index is 13.9. The van der Waals surface area contributed by atoms with Gasteiger partial charge in [0.1, 0.15) is 0 Å². The molecular formula is C12H17BrFN3O. The summed E-state index contributed by atoms with van der Waals surface area (Å²) < 4.78 is 14.5. The van der Waals surface area contributed by atoms with Crippen LogP contribution in [0, 0.1) is 5.82 Å². The van der Waals surface area contributed by atoms with Crippen LogP contribution in [0.1, 0.15) is 6.42 Å². The molecule has 1 saturated heterocycles. The Balaban J connectivity index is 2.24. The quantitative estimate of drug-likeness (QED) is 0.916. The molecule has 2 heterocycles. The van der Waals surface area contributed by atoms with Crippen molar-refractivity contribution in [1.82, 2.24) is 9.88 Å². The molecule has 0 aromatic carbocycles. The summed E-state index contributed by atoms with van der Waals surface area (Å²) in [5.74, 6) is -0.0381. The van der Waals surface area contributed by atoms with Crippen molar-refractivity contribution >= 4 is 21.7 Å². The molecule has 1 aliphatic heterocycles. The van der Waals surface area contributed by atoms with E-state index in [9.17, 15) is 9.50 Å². The molecule has 0 radical (unpaired) electrons. The number of aliphatic hydroxyl groups is 1. The fourth-order valence-electron chi connectivity index (χ4n) is 2.36. The fourth-order valence-corrected chi connectivity index (χ4v) is 2.67. The summed E-state index contributed by atoms with van der Waals surface area (Å²) >= 11 is 3.19. The molecule has 18 heavy (non-hydrogen) atoms.